The molecule has 0 aliphatic rings. The third-order valence-corrected chi connectivity index (χ3v) is 2.94. The maximum absolute atomic E-state index is 11.8. The zero-order chi connectivity index (χ0) is 14.9. The van der Waals surface area contributed by atoms with Crippen molar-refractivity contribution < 1.29 is 14.3 Å². The van der Waals surface area contributed by atoms with Crippen LogP contribution in [0, 0.1) is 0 Å². The van der Waals surface area contributed by atoms with Crippen molar-refractivity contribution in [1.82, 2.24) is 0 Å². The fraction of sp³-hybridized carbons (Fsp3) is 0.235. The standard InChI is InChI=1S/C17H19NO3/c18-16(13-14-7-3-1-4-8-14)17(19)21-12-11-20-15-9-5-2-6-10-15/h1-10,16H,11-13,18H2/t16-/m0/s1. The maximum Gasteiger partial charge on any atom is 0.323 e. The quantitative estimate of drug-likeness (QED) is 0.625. The van der Waals surface area contributed by atoms with Gasteiger partial charge in [0.1, 0.15) is 25.0 Å². The van der Waals surface area contributed by atoms with Gasteiger partial charge in [-0.1, -0.05) is 48.5 Å². The number of hydrogen-bond acceptors (Lipinski definition) is 4. The third-order valence-electron chi connectivity index (χ3n) is 2.94. The molecule has 0 saturated carbocycles. The molecule has 2 aromatic rings. The fourth-order valence-electron chi connectivity index (χ4n) is 1.88. The van der Waals surface area contributed by atoms with Crippen molar-refractivity contribution in [3.63, 3.8) is 0 Å². The molecule has 0 saturated heterocycles. The summed E-state index contributed by atoms with van der Waals surface area (Å²) in [4.78, 5) is 11.8. The van der Waals surface area contributed by atoms with Crippen molar-refractivity contribution >= 4 is 5.97 Å². The highest BCUT2D eigenvalue weighted by atomic mass is 16.6. The molecule has 0 aliphatic carbocycles. The summed E-state index contributed by atoms with van der Waals surface area (Å²) < 4.78 is 10.5. The highest BCUT2D eigenvalue weighted by Crippen LogP contribution is 2.08. The first-order chi connectivity index (χ1) is 10.3. The van der Waals surface area contributed by atoms with E-state index in [1.165, 1.54) is 0 Å². The summed E-state index contributed by atoms with van der Waals surface area (Å²) in [6.45, 7) is 0.504. The van der Waals surface area contributed by atoms with E-state index in [4.69, 9.17) is 15.2 Å². The van der Waals surface area contributed by atoms with Crippen molar-refractivity contribution in [1.29, 1.82) is 0 Å². The van der Waals surface area contributed by atoms with Crippen molar-refractivity contribution in [3.8, 4) is 5.75 Å². The average Bonchev–Trinajstić information content (AvgIpc) is 2.53. The van der Waals surface area contributed by atoms with Gasteiger partial charge in [-0.05, 0) is 24.1 Å². The predicted octanol–water partition coefficient (Wildman–Crippen LogP) is 2.18. The molecular formula is C17H19NO3. The predicted molar refractivity (Wildman–Crippen MR) is 81.0 cm³/mol. The molecule has 110 valence electrons. The minimum absolute atomic E-state index is 0.191. The van der Waals surface area contributed by atoms with Gasteiger partial charge in [0.05, 0.1) is 0 Å². The number of ether oxygens (including phenoxy) is 2. The molecule has 4 heteroatoms. The zero-order valence-electron chi connectivity index (χ0n) is 11.8. The second-order valence-electron chi connectivity index (χ2n) is 4.63. The van der Waals surface area contributed by atoms with E-state index in [1.54, 1.807) is 0 Å². The van der Waals surface area contributed by atoms with Crippen LogP contribution in [0.2, 0.25) is 0 Å². The molecule has 0 fully saturated rings. The fourth-order valence-corrected chi connectivity index (χ4v) is 1.88. The van der Waals surface area contributed by atoms with Gasteiger partial charge in [0.2, 0.25) is 0 Å². The van der Waals surface area contributed by atoms with Crippen LogP contribution in [-0.4, -0.2) is 25.2 Å². The van der Waals surface area contributed by atoms with Gasteiger partial charge in [0.15, 0.2) is 0 Å². The smallest absolute Gasteiger partial charge is 0.323 e. The molecule has 0 aliphatic heterocycles. The van der Waals surface area contributed by atoms with Crippen LogP contribution in [0.1, 0.15) is 5.56 Å². The van der Waals surface area contributed by atoms with Crippen LogP contribution in [0.3, 0.4) is 0 Å². The first-order valence-corrected chi connectivity index (χ1v) is 6.89. The highest BCUT2D eigenvalue weighted by molar-refractivity contribution is 5.75. The normalized spacial score (nSPS) is 11.7. The van der Waals surface area contributed by atoms with Crippen LogP contribution < -0.4 is 10.5 Å². The summed E-state index contributed by atoms with van der Waals surface area (Å²) >= 11 is 0. The van der Waals surface area contributed by atoms with Gasteiger partial charge in [-0.3, -0.25) is 4.79 Å². The molecule has 0 amide bonds. The van der Waals surface area contributed by atoms with Gasteiger partial charge in [-0.25, -0.2) is 0 Å². The average molecular weight is 285 g/mol. The lowest BCUT2D eigenvalue weighted by Crippen LogP contribution is -2.35. The Morgan fingerprint density at radius 3 is 2.24 bits per heavy atom. The van der Waals surface area contributed by atoms with E-state index in [0.717, 1.165) is 11.3 Å². The molecule has 0 spiro atoms. The summed E-state index contributed by atoms with van der Waals surface area (Å²) in [7, 11) is 0. The molecular weight excluding hydrogens is 266 g/mol. The summed E-state index contributed by atoms with van der Waals surface area (Å²) in [5.41, 5.74) is 6.84. The number of benzene rings is 2. The van der Waals surface area contributed by atoms with Gasteiger partial charge in [0, 0.05) is 0 Å². The van der Waals surface area contributed by atoms with Gasteiger partial charge in [0.25, 0.3) is 0 Å². The number of esters is 1. The van der Waals surface area contributed by atoms with Crippen LogP contribution >= 0.6 is 0 Å². The van der Waals surface area contributed by atoms with E-state index in [0.29, 0.717) is 13.0 Å². The van der Waals surface area contributed by atoms with E-state index in [2.05, 4.69) is 0 Å². The van der Waals surface area contributed by atoms with Crippen LogP contribution in [0.25, 0.3) is 0 Å². The topological polar surface area (TPSA) is 61.6 Å². The Balaban J connectivity index is 1.67. The second-order valence-corrected chi connectivity index (χ2v) is 4.63. The van der Waals surface area contributed by atoms with Gasteiger partial charge in [-0.2, -0.15) is 0 Å². The van der Waals surface area contributed by atoms with Crippen LogP contribution in [0.5, 0.6) is 5.75 Å². The molecule has 0 unspecified atom stereocenters. The van der Waals surface area contributed by atoms with Crippen molar-refractivity contribution in [2.75, 3.05) is 13.2 Å². The Kier molecular flexibility index (Phi) is 5.79. The summed E-state index contributed by atoms with van der Waals surface area (Å²) in [6, 6.07) is 18.4. The first kappa shape index (κ1) is 15.1. The van der Waals surface area contributed by atoms with E-state index in [1.807, 2.05) is 60.7 Å². The van der Waals surface area contributed by atoms with E-state index in [-0.39, 0.29) is 6.61 Å². The van der Waals surface area contributed by atoms with Crippen LogP contribution in [0.4, 0.5) is 0 Å². The Bertz CT molecular complexity index is 542. The minimum atomic E-state index is -0.649. The number of carbonyl (C=O) groups excluding carboxylic acids is 1. The summed E-state index contributed by atoms with van der Waals surface area (Å²) in [5, 5.41) is 0. The summed E-state index contributed by atoms with van der Waals surface area (Å²) in [5.74, 6) is 0.345. The maximum atomic E-state index is 11.8. The number of carbonyl (C=O) groups is 1. The first-order valence-electron chi connectivity index (χ1n) is 6.89. The number of hydrogen-bond donors (Lipinski definition) is 1. The second kappa shape index (κ2) is 8.07. The van der Waals surface area contributed by atoms with Gasteiger partial charge < -0.3 is 15.2 Å². The molecule has 0 heterocycles. The van der Waals surface area contributed by atoms with Crippen molar-refractivity contribution in [2.24, 2.45) is 5.73 Å². The Morgan fingerprint density at radius 2 is 1.57 bits per heavy atom. The molecule has 1 atom stereocenters. The molecule has 2 N–H and O–H groups in total. The SMILES string of the molecule is N[C@@H](Cc1ccccc1)C(=O)OCCOc1ccccc1. The Morgan fingerprint density at radius 1 is 0.952 bits per heavy atom. The minimum Gasteiger partial charge on any atom is -0.490 e. The highest BCUT2D eigenvalue weighted by Gasteiger charge is 2.15. The molecule has 2 rings (SSSR count). The lowest BCUT2D eigenvalue weighted by Gasteiger charge is -2.12. The molecule has 4 nitrogen and oxygen atoms in total. The number of rotatable bonds is 7. The zero-order valence-corrected chi connectivity index (χ0v) is 11.8. The summed E-state index contributed by atoms with van der Waals surface area (Å²) in [6.07, 6.45) is 0.471. The van der Waals surface area contributed by atoms with Crippen molar-refractivity contribution in [3.05, 3.63) is 66.2 Å². The molecule has 0 radical (unpaired) electrons. The van der Waals surface area contributed by atoms with Crippen LogP contribution in [0.15, 0.2) is 60.7 Å². The molecule has 21 heavy (non-hydrogen) atoms. The van der Waals surface area contributed by atoms with Crippen LogP contribution in [-0.2, 0) is 16.0 Å². The van der Waals surface area contributed by atoms with E-state index in [9.17, 15) is 4.79 Å². The van der Waals surface area contributed by atoms with Crippen molar-refractivity contribution in [2.45, 2.75) is 12.5 Å². The lowest BCUT2D eigenvalue weighted by atomic mass is 10.1. The number of nitrogens with two attached hydrogens (primary N) is 1. The largest absolute Gasteiger partial charge is 0.490 e. The molecule has 0 aromatic heterocycles. The third kappa shape index (κ3) is 5.28. The molecule has 0 bridgehead atoms. The van der Waals surface area contributed by atoms with E-state index < -0.39 is 12.0 Å². The number of para-hydroxylation sites is 1. The van der Waals surface area contributed by atoms with Gasteiger partial charge in [-0.15, -0.1) is 0 Å². The Hall–Kier alpha value is -2.33. The van der Waals surface area contributed by atoms with E-state index >= 15 is 0 Å². The van der Waals surface area contributed by atoms with Gasteiger partial charge >= 0.3 is 5.97 Å². The Labute approximate surface area is 124 Å². The lowest BCUT2D eigenvalue weighted by molar-refractivity contribution is -0.145. The molecule has 2 aromatic carbocycles. The monoisotopic (exact) mass is 285 g/mol.